The van der Waals surface area contributed by atoms with Crippen LogP contribution in [0.4, 0.5) is 5.95 Å². The summed E-state index contributed by atoms with van der Waals surface area (Å²) in [5.74, 6) is 2.40. The maximum Gasteiger partial charge on any atom is 0.266 e. The van der Waals surface area contributed by atoms with Crippen molar-refractivity contribution in [3.05, 3.63) is 5.89 Å². The number of rotatable bonds is 3. The summed E-state index contributed by atoms with van der Waals surface area (Å²) in [6.45, 7) is 2.14. The number of hydrogen-bond donors (Lipinski definition) is 2. The normalized spacial score (nSPS) is 29.6. The monoisotopic (exact) mass is 238 g/mol. The van der Waals surface area contributed by atoms with Crippen LogP contribution >= 0.6 is 0 Å². The molecule has 2 aliphatic rings. The Morgan fingerprint density at radius 3 is 2.76 bits per heavy atom. The lowest BCUT2D eigenvalue weighted by Gasteiger charge is -2.13. The van der Waals surface area contributed by atoms with Gasteiger partial charge in [-0.25, -0.2) is 0 Å². The number of fused-ring (bicyclic) bond motifs is 1. The highest BCUT2D eigenvalue weighted by atomic mass is 16.5. The zero-order chi connectivity index (χ0) is 11.8. The Labute approximate surface area is 99.8 Å². The standard InChI is InChI=1S/C11H18N4O2/c12-4-9(16)10-13-11(14-17-10)15-5-7-2-1-3-8(7)6-15/h7-9,16H,1-6,12H2/t7-,8+,9-/m0/s1. The highest BCUT2D eigenvalue weighted by Crippen LogP contribution is 2.38. The maximum absolute atomic E-state index is 9.51. The minimum atomic E-state index is -0.849. The Bertz CT molecular complexity index is 383. The second-order valence-electron chi connectivity index (χ2n) is 5.04. The predicted octanol–water partition coefficient (Wildman–Crippen LogP) is 0.298. The molecule has 0 aromatic carbocycles. The lowest BCUT2D eigenvalue weighted by atomic mass is 10.0. The van der Waals surface area contributed by atoms with Gasteiger partial charge in [-0.1, -0.05) is 6.42 Å². The fourth-order valence-corrected chi connectivity index (χ4v) is 2.99. The number of aliphatic hydroxyl groups excluding tert-OH is 1. The summed E-state index contributed by atoms with van der Waals surface area (Å²) in [7, 11) is 0. The molecule has 3 rings (SSSR count). The van der Waals surface area contributed by atoms with Crippen molar-refractivity contribution >= 4 is 5.95 Å². The smallest absolute Gasteiger partial charge is 0.266 e. The van der Waals surface area contributed by atoms with Gasteiger partial charge in [0.1, 0.15) is 6.10 Å². The lowest BCUT2D eigenvalue weighted by molar-refractivity contribution is 0.141. The summed E-state index contributed by atoms with van der Waals surface area (Å²) in [5, 5.41) is 13.4. The minimum Gasteiger partial charge on any atom is -0.382 e. The van der Waals surface area contributed by atoms with Crippen molar-refractivity contribution in [3.63, 3.8) is 0 Å². The maximum atomic E-state index is 9.51. The first-order valence-corrected chi connectivity index (χ1v) is 6.24. The van der Waals surface area contributed by atoms with Crippen molar-refractivity contribution in [2.24, 2.45) is 17.6 Å². The first kappa shape index (κ1) is 11.0. The van der Waals surface area contributed by atoms with Gasteiger partial charge in [-0.2, -0.15) is 4.98 Å². The van der Waals surface area contributed by atoms with Crippen LogP contribution in [0, 0.1) is 11.8 Å². The first-order chi connectivity index (χ1) is 8.28. The van der Waals surface area contributed by atoms with Gasteiger partial charge in [0.2, 0.25) is 0 Å². The average Bonchev–Trinajstić information content (AvgIpc) is 3.00. The third-order valence-corrected chi connectivity index (χ3v) is 3.95. The van der Waals surface area contributed by atoms with Crippen molar-refractivity contribution < 1.29 is 9.63 Å². The van der Waals surface area contributed by atoms with Crippen LogP contribution in [0.5, 0.6) is 0 Å². The fraction of sp³-hybridized carbons (Fsp3) is 0.818. The predicted molar refractivity (Wildman–Crippen MR) is 61.4 cm³/mol. The minimum absolute atomic E-state index is 0.104. The van der Waals surface area contributed by atoms with Gasteiger partial charge in [0.15, 0.2) is 0 Å². The van der Waals surface area contributed by atoms with Crippen LogP contribution in [0.1, 0.15) is 31.3 Å². The molecule has 0 spiro atoms. The Hall–Kier alpha value is -1.14. The number of anilines is 1. The summed E-state index contributed by atoms with van der Waals surface area (Å²) in [5.41, 5.74) is 5.35. The molecule has 3 N–H and O–H groups in total. The van der Waals surface area contributed by atoms with Gasteiger partial charge in [-0.3, -0.25) is 0 Å². The highest BCUT2D eigenvalue weighted by molar-refractivity contribution is 5.31. The van der Waals surface area contributed by atoms with E-state index < -0.39 is 6.10 Å². The second kappa shape index (κ2) is 4.27. The van der Waals surface area contributed by atoms with Crippen LogP contribution in [-0.2, 0) is 0 Å². The number of aromatic nitrogens is 2. The SMILES string of the molecule is NC[C@H](O)c1nc(N2C[C@H]3CCC[C@H]3C2)no1. The molecule has 6 heteroatoms. The summed E-state index contributed by atoms with van der Waals surface area (Å²) in [6.07, 6.45) is 3.14. The second-order valence-corrected chi connectivity index (χ2v) is 5.04. The molecule has 6 nitrogen and oxygen atoms in total. The van der Waals surface area contributed by atoms with Gasteiger partial charge in [0.25, 0.3) is 11.8 Å². The summed E-state index contributed by atoms with van der Waals surface area (Å²) < 4.78 is 5.02. The summed E-state index contributed by atoms with van der Waals surface area (Å²) in [4.78, 5) is 6.37. The van der Waals surface area contributed by atoms with Crippen LogP contribution in [0.2, 0.25) is 0 Å². The number of aliphatic hydroxyl groups is 1. The van der Waals surface area contributed by atoms with E-state index in [0.717, 1.165) is 24.9 Å². The fourth-order valence-electron chi connectivity index (χ4n) is 2.99. The zero-order valence-corrected chi connectivity index (χ0v) is 9.75. The molecule has 17 heavy (non-hydrogen) atoms. The van der Waals surface area contributed by atoms with E-state index in [1.54, 1.807) is 0 Å². The van der Waals surface area contributed by atoms with E-state index in [1.807, 2.05) is 0 Å². The van der Waals surface area contributed by atoms with Gasteiger partial charge >= 0.3 is 0 Å². The van der Waals surface area contributed by atoms with Gasteiger partial charge in [-0.15, -0.1) is 0 Å². The van der Waals surface area contributed by atoms with E-state index in [0.29, 0.717) is 5.95 Å². The third-order valence-electron chi connectivity index (χ3n) is 3.95. The van der Waals surface area contributed by atoms with E-state index in [1.165, 1.54) is 19.3 Å². The Kier molecular flexibility index (Phi) is 2.76. The molecule has 0 radical (unpaired) electrons. The molecule has 2 heterocycles. The number of hydrogen-bond acceptors (Lipinski definition) is 6. The molecular weight excluding hydrogens is 220 g/mol. The van der Waals surface area contributed by atoms with Gasteiger partial charge in [0, 0.05) is 19.6 Å². The van der Waals surface area contributed by atoms with Crippen LogP contribution < -0.4 is 10.6 Å². The topological polar surface area (TPSA) is 88.4 Å². The zero-order valence-electron chi connectivity index (χ0n) is 9.75. The molecule has 2 fully saturated rings. The molecule has 94 valence electrons. The van der Waals surface area contributed by atoms with E-state index in [9.17, 15) is 5.11 Å². The van der Waals surface area contributed by atoms with Crippen molar-refractivity contribution in [2.75, 3.05) is 24.5 Å². The van der Waals surface area contributed by atoms with E-state index in [2.05, 4.69) is 15.0 Å². The number of nitrogens with two attached hydrogens (primary N) is 1. The third kappa shape index (κ3) is 1.91. The van der Waals surface area contributed by atoms with Crippen molar-refractivity contribution in [2.45, 2.75) is 25.4 Å². The molecule has 1 saturated carbocycles. The van der Waals surface area contributed by atoms with E-state index >= 15 is 0 Å². The van der Waals surface area contributed by atoms with E-state index in [-0.39, 0.29) is 12.4 Å². The molecular formula is C11H18N4O2. The largest absolute Gasteiger partial charge is 0.382 e. The lowest BCUT2D eigenvalue weighted by Crippen LogP contribution is -2.22. The first-order valence-electron chi connectivity index (χ1n) is 6.24. The summed E-state index contributed by atoms with van der Waals surface area (Å²) >= 11 is 0. The van der Waals surface area contributed by atoms with Crippen LogP contribution in [0.3, 0.4) is 0 Å². The highest BCUT2D eigenvalue weighted by Gasteiger charge is 2.37. The van der Waals surface area contributed by atoms with Crippen molar-refractivity contribution in [3.8, 4) is 0 Å². The van der Waals surface area contributed by atoms with Crippen molar-refractivity contribution in [1.29, 1.82) is 0 Å². The van der Waals surface area contributed by atoms with Crippen LogP contribution in [0.15, 0.2) is 4.52 Å². The van der Waals surface area contributed by atoms with Crippen LogP contribution in [0.25, 0.3) is 0 Å². The van der Waals surface area contributed by atoms with Gasteiger partial charge < -0.3 is 20.3 Å². The Balaban J connectivity index is 1.71. The van der Waals surface area contributed by atoms with Gasteiger partial charge in [0.05, 0.1) is 0 Å². The Morgan fingerprint density at radius 2 is 2.12 bits per heavy atom. The molecule has 1 aliphatic heterocycles. The molecule has 3 atom stereocenters. The average molecular weight is 238 g/mol. The molecule has 0 bridgehead atoms. The number of nitrogens with zero attached hydrogens (tertiary/aromatic N) is 3. The summed E-state index contributed by atoms with van der Waals surface area (Å²) in [6, 6.07) is 0. The van der Waals surface area contributed by atoms with Crippen LogP contribution in [-0.4, -0.2) is 34.9 Å². The Morgan fingerprint density at radius 1 is 1.41 bits per heavy atom. The molecule has 0 unspecified atom stereocenters. The molecule has 1 aliphatic carbocycles. The molecule has 1 aromatic rings. The van der Waals surface area contributed by atoms with E-state index in [4.69, 9.17) is 10.3 Å². The molecule has 1 aromatic heterocycles. The quantitative estimate of drug-likeness (QED) is 0.787. The van der Waals surface area contributed by atoms with Crippen molar-refractivity contribution in [1.82, 2.24) is 10.1 Å². The molecule has 0 amide bonds. The molecule has 1 saturated heterocycles. The van der Waals surface area contributed by atoms with Gasteiger partial charge in [-0.05, 0) is 29.8 Å².